The zero-order chi connectivity index (χ0) is 14.8. The highest BCUT2D eigenvalue weighted by Crippen LogP contribution is 2.05. The van der Waals surface area contributed by atoms with E-state index in [0.717, 1.165) is 12.0 Å². The Kier molecular flexibility index (Phi) is 7.35. The molecule has 5 heteroatoms. The molecule has 1 aromatic carbocycles. The summed E-state index contributed by atoms with van der Waals surface area (Å²) in [7, 11) is 0. The fraction of sp³-hybridized carbons (Fsp3) is 0.467. The van der Waals surface area contributed by atoms with Crippen LogP contribution in [0.5, 0.6) is 0 Å². The molecule has 0 saturated heterocycles. The first-order valence-corrected chi connectivity index (χ1v) is 6.68. The molecular weight excluding hydrogens is 258 g/mol. The second-order valence-electron chi connectivity index (χ2n) is 4.43. The van der Waals surface area contributed by atoms with Gasteiger partial charge in [0, 0.05) is 20.4 Å². The number of carbonyl (C=O) groups is 2. The van der Waals surface area contributed by atoms with E-state index in [1.165, 1.54) is 18.9 Å². The van der Waals surface area contributed by atoms with Gasteiger partial charge in [0.2, 0.25) is 5.91 Å². The highest BCUT2D eigenvalue weighted by Gasteiger charge is 2.09. The number of nitrogens with zero attached hydrogens (tertiary/aromatic N) is 1. The van der Waals surface area contributed by atoms with Crippen molar-refractivity contribution in [1.82, 2.24) is 5.06 Å². The van der Waals surface area contributed by atoms with Crippen LogP contribution in [0.15, 0.2) is 30.3 Å². The van der Waals surface area contributed by atoms with Gasteiger partial charge in [0.05, 0.1) is 6.61 Å². The van der Waals surface area contributed by atoms with Crippen LogP contribution in [0, 0.1) is 0 Å². The van der Waals surface area contributed by atoms with Gasteiger partial charge in [0.25, 0.3) is 0 Å². The van der Waals surface area contributed by atoms with Gasteiger partial charge >= 0.3 is 5.97 Å². The molecule has 1 amide bonds. The predicted molar refractivity (Wildman–Crippen MR) is 74.5 cm³/mol. The van der Waals surface area contributed by atoms with Crippen molar-refractivity contribution in [1.29, 1.82) is 0 Å². The topological polar surface area (TPSA) is 55.8 Å². The van der Waals surface area contributed by atoms with Crippen molar-refractivity contribution in [2.45, 2.75) is 33.3 Å². The Balaban J connectivity index is 2.26. The maximum Gasteiger partial charge on any atom is 0.302 e. The Labute approximate surface area is 119 Å². The number of ether oxygens (including phenoxy) is 1. The quantitative estimate of drug-likeness (QED) is 0.416. The first-order valence-electron chi connectivity index (χ1n) is 6.68. The molecule has 1 rings (SSSR count). The lowest BCUT2D eigenvalue weighted by molar-refractivity contribution is -0.189. The molecule has 0 N–H and O–H groups in total. The third-order valence-corrected chi connectivity index (χ3v) is 2.64. The Morgan fingerprint density at radius 2 is 1.80 bits per heavy atom. The van der Waals surface area contributed by atoms with Crippen LogP contribution in [-0.4, -0.2) is 30.1 Å². The fourth-order valence-electron chi connectivity index (χ4n) is 1.61. The van der Waals surface area contributed by atoms with Crippen molar-refractivity contribution < 1.29 is 19.2 Å². The van der Waals surface area contributed by atoms with E-state index in [1.54, 1.807) is 0 Å². The Morgan fingerprint density at radius 3 is 2.40 bits per heavy atom. The third kappa shape index (κ3) is 6.89. The number of esters is 1. The van der Waals surface area contributed by atoms with Crippen molar-refractivity contribution in [2.24, 2.45) is 0 Å². The van der Waals surface area contributed by atoms with E-state index in [9.17, 15) is 9.59 Å². The molecule has 110 valence electrons. The average molecular weight is 279 g/mol. The lowest BCUT2D eigenvalue weighted by Gasteiger charge is -2.20. The van der Waals surface area contributed by atoms with Gasteiger partial charge in [-0.2, -0.15) is 0 Å². The lowest BCUT2D eigenvalue weighted by atomic mass is 10.2. The molecule has 0 radical (unpaired) electrons. The molecule has 0 unspecified atom stereocenters. The summed E-state index contributed by atoms with van der Waals surface area (Å²) in [5.41, 5.74) is 1.01. The summed E-state index contributed by atoms with van der Waals surface area (Å²) in [6.07, 6.45) is 1.43. The first kappa shape index (κ1) is 16.2. The zero-order valence-corrected chi connectivity index (χ0v) is 12.0. The normalized spacial score (nSPS) is 10.1. The predicted octanol–water partition coefficient (Wildman–Crippen LogP) is 2.31. The monoisotopic (exact) mass is 279 g/mol. The van der Waals surface area contributed by atoms with Crippen LogP contribution in [0.25, 0.3) is 0 Å². The molecule has 0 bridgehead atoms. The van der Waals surface area contributed by atoms with Crippen LogP contribution >= 0.6 is 0 Å². The summed E-state index contributed by atoms with van der Waals surface area (Å²) in [6, 6.07) is 9.67. The van der Waals surface area contributed by atoms with Gasteiger partial charge in [-0.1, -0.05) is 30.3 Å². The summed E-state index contributed by atoms with van der Waals surface area (Å²) in [5, 5.41) is 1.35. The van der Waals surface area contributed by atoms with Crippen LogP contribution in [-0.2, 0) is 25.8 Å². The van der Waals surface area contributed by atoms with Crippen LogP contribution in [0.3, 0.4) is 0 Å². The molecule has 0 aliphatic carbocycles. The highest BCUT2D eigenvalue weighted by atomic mass is 16.7. The van der Waals surface area contributed by atoms with E-state index < -0.39 is 0 Å². The van der Waals surface area contributed by atoms with Gasteiger partial charge in [0.1, 0.15) is 6.61 Å². The van der Waals surface area contributed by atoms with Crippen molar-refractivity contribution in [3.63, 3.8) is 0 Å². The number of hydroxylamine groups is 2. The number of hydrogen-bond donors (Lipinski definition) is 0. The van der Waals surface area contributed by atoms with E-state index in [2.05, 4.69) is 0 Å². The van der Waals surface area contributed by atoms with Gasteiger partial charge in [-0.25, -0.2) is 5.06 Å². The summed E-state index contributed by atoms with van der Waals surface area (Å²) < 4.78 is 4.83. The van der Waals surface area contributed by atoms with Crippen molar-refractivity contribution in [3.8, 4) is 0 Å². The van der Waals surface area contributed by atoms with Crippen LogP contribution < -0.4 is 0 Å². The summed E-state index contributed by atoms with van der Waals surface area (Å²) >= 11 is 0. The van der Waals surface area contributed by atoms with E-state index in [-0.39, 0.29) is 11.9 Å². The fourth-order valence-corrected chi connectivity index (χ4v) is 1.61. The second-order valence-corrected chi connectivity index (χ2v) is 4.43. The van der Waals surface area contributed by atoms with Crippen LogP contribution in [0.1, 0.15) is 32.3 Å². The molecule has 5 nitrogen and oxygen atoms in total. The number of benzene rings is 1. The molecule has 1 aromatic rings. The van der Waals surface area contributed by atoms with E-state index in [1.807, 2.05) is 30.3 Å². The molecule has 0 atom stereocenters. The molecule has 0 heterocycles. The molecule has 0 aliphatic heterocycles. The third-order valence-electron chi connectivity index (χ3n) is 2.64. The smallest absolute Gasteiger partial charge is 0.302 e. The van der Waals surface area contributed by atoms with Gasteiger partial charge in [-0.3, -0.25) is 14.4 Å². The largest absolute Gasteiger partial charge is 0.466 e. The van der Waals surface area contributed by atoms with Crippen molar-refractivity contribution >= 4 is 11.9 Å². The zero-order valence-electron chi connectivity index (χ0n) is 12.0. The minimum atomic E-state index is -0.284. The van der Waals surface area contributed by atoms with E-state index in [4.69, 9.17) is 9.57 Å². The molecule has 0 saturated carbocycles. The van der Waals surface area contributed by atoms with Gasteiger partial charge < -0.3 is 4.74 Å². The number of unbranched alkanes of at least 4 members (excludes halogenated alkanes) is 1. The molecule has 0 aliphatic rings. The summed E-state index contributed by atoms with van der Waals surface area (Å²) in [5.74, 6) is -0.415. The number of hydrogen-bond acceptors (Lipinski definition) is 4. The minimum absolute atomic E-state index is 0.131. The standard InChI is InChI=1S/C15H21NO4/c1-13(17)16(10-6-7-11-19-14(2)18)20-12-15-8-4-3-5-9-15/h3-5,8-9H,6-7,10-12H2,1-2H3. The number of carbonyl (C=O) groups excluding carboxylic acids is 2. The average Bonchev–Trinajstić information content (AvgIpc) is 2.42. The summed E-state index contributed by atoms with van der Waals surface area (Å²) in [4.78, 5) is 27.5. The Morgan fingerprint density at radius 1 is 1.10 bits per heavy atom. The SMILES string of the molecule is CC(=O)OCCCCN(OCc1ccccc1)C(C)=O. The van der Waals surface area contributed by atoms with Crippen molar-refractivity contribution in [3.05, 3.63) is 35.9 Å². The number of amides is 1. The molecule has 0 fully saturated rings. The lowest BCUT2D eigenvalue weighted by Crippen LogP contribution is -2.30. The van der Waals surface area contributed by atoms with Crippen LogP contribution in [0.2, 0.25) is 0 Å². The number of rotatable bonds is 8. The van der Waals surface area contributed by atoms with E-state index in [0.29, 0.717) is 26.2 Å². The van der Waals surface area contributed by atoms with Gasteiger partial charge in [-0.15, -0.1) is 0 Å². The second kappa shape index (κ2) is 9.09. The van der Waals surface area contributed by atoms with E-state index >= 15 is 0 Å². The van der Waals surface area contributed by atoms with Crippen molar-refractivity contribution in [2.75, 3.05) is 13.2 Å². The highest BCUT2D eigenvalue weighted by molar-refractivity contribution is 5.71. The molecule has 0 aromatic heterocycles. The van der Waals surface area contributed by atoms with Gasteiger partial charge in [0.15, 0.2) is 0 Å². The Hall–Kier alpha value is -1.88. The maximum atomic E-state index is 11.5. The van der Waals surface area contributed by atoms with Gasteiger partial charge in [-0.05, 0) is 18.4 Å². The van der Waals surface area contributed by atoms with Crippen LogP contribution in [0.4, 0.5) is 0 Å². The minimum Gasteiger partial charge on any atom is -0.466 e. The molecule has 20 heavy (non-hydrogen) atoms. The Bertz CT molecular complexity index is 419. The summed E-state index contributed by atoms with van der Waals surface area (Å²) in [6.45, 7) is 4.08. The first-order chi connectivity index (χ1) is 9.59. The maximum absolute atomic E-state index is 11.5. The molecule has 0 spiro atoms. The molecular formula is C15H21NO4.